The van der Waals surface area contributed by atoms with Gasteiger partial charge < -0.3 is 9.26 Å². The van der Waals surface area contributed by atoms with Gasteiger partial charge in [-0.2, -0.15) is 18.2 Å². The molecule has 0 N–H and O–H groups in total. The van der Waals surface area contributed by atoms with Crippen LogP contribution in [-0.4, -0.2) is 41.3 Å². The molecule has 5 nitrogen and oxygen atoms in total. The van der Waals surface area contributed by atoms with Crippen LogP contribution < -0.4 is 0 Å². The van der Waals surface area contributed by atoms with Gasteiger partial charge in [-0.05, 0) is 44.9 Å². The molecular weight excluding hydrogens is 347 g/mol. The average Bonchev–Trinajstić information content (AvgIpc) is 3.09. The lowest BCUT2D eigenvalue weighted by Crippen LogP contribution is -2.26. The van der Waals surface area contributed by atoms with Crippen molar-refractivity contribution >= 4 is 0 Å². The van der Waals surface area contributed by atoms with E-state index >= 15 is 0 Å². The number of halogens is 3. The van der Waals surface area contributed by atoms with Gasteiger partial charge in [0, 0.05) is 18.7 Å². The molecule has 0 amide bonds. The van der Waals surface area contributed by atoms with Crippen LogP contribution in [0.5, 0.6) is 0 Å². The summed E-state index contributed by atoms with van der Waals surface area (Å²) in [4.78, 5) is 6.35. The first-order valence-corrected chi connectivity index (χ1v) is 8.72. The highest BCUT2D eigenvalue weighted by Gasteiger charge is 2.30. The second-order valence-electron chi connectivity index (χ2n) is 6.60. The van der Waals surface area contributed by atoms with Crippen LogP contribution in [0.15, 0.2) is 28.8 Å². The topological polar surface area (TPSA) is 51.4 Å². The van der Waals surface area contributed by atoms with Gasteiger partial charge in [0.2, 0.25) is 11.7 Å². The van der Waals surface area contributed by atoms with Crippen LogP contribution in [0, 0.1) is 0 Å². The number of hydrogen-bond donors (Lipinski definition) is 0. The third-order valence-electron chi connectivity index (χ3n) is 4.45. The molecule has 3 rings (SSSR count). The smallest absolute Gasteiger partial charge is 0.378 e. The Morgan fingerprint density at radius 2 is 1.96 bits per heavy atom. The van der Waals surface area contributed by atoms with Gasteiger partial charge in [0.1, 0.15) is 0 Å². The molecule has 0 aliphatic carbocycles. The molecule has 26 heavy (non-hydrogen) atoms. The Morgan fingerprint density at radius 3 is 2.62 bits per heavy atom. The Morgan fingerprint density at radius 1 is 1.19 bits per heavy atom. The maximum Gasteiger partial charge on any atom is 0.416 e. The number of alkyl halides is 3. The highest BCUT2D eigenvalue weighted by molar-refractivity contribution is 5.54. The fraction of sp³-hybridized carbons (Fsp3) is 0.556. The van der Waals surface area contributed by atoms with E-state index in [4.69, 9.17) is 9.26 Å². The second-order valence-corrected chi connectivity index (χ2v) is 6.60. The van der Waals surface area contributed by atoms with Crippen molar-refractivity contribution in [1.29, 1.82) is 0 Å². The quantitative estimate of drug-likeness (QED) is 0.766. The lowest BCUT2D eigenvalue weighted by Gasteiger charge is -2.24. The summed E-state index contributed by atoms with van der Waals surface area (Å²) in [6.45, 7) is 2.18. The average molecular weight is 369 g/mol. The van der Waals surface area contributed by atoms with Crippen LogP contribution in [-0.2, 0) is 17.5 Å². The molecule has 0 bridgehead atoms. The summed E-state index contributed by atoms with van der Waals surface area (Å²) in [5.74, 6) is 0.727. The van der Waals surface area contributed by atoms with Crippen molar-refractivity contribution in [3.05, 3.63) is 35.7 Å². The second kappa shape index (κ2) is 8.18. The molecule has 142 valence electrons. The van der Waals surface area contributed by atoms with Crippen molar-refractivity contribution in [2.75, 3.05) is 20.2 Å². The minimum Gasteiger partial charge on any atom is -0.378 e. The Bertz CT molecular complexity index is 694. The molecule has 0 spiro atoms. The van der Waals surface area contributed by atoms with Crippen molar-refractivity contribution in [3.63, 3.8) is 0 Å². The van der Waals surface area contributed by atoms with E-state index in [2.05, 4.69) is 15.0 Å². The van der Waals surface area contributed by atoms with Crippen LogP contribution >= 0.6 is 0 Å². The number of benzene rings is 1. The van der Waals surface area contributed by atoms with Crippen LogP contribution in [0.1, 0.15) is 37.1 Å². The lowest BCUT2D eigenvalue weighted by atomic mass is 10.1. The Hall–Kier alpha value is -1.93. The standard InChI is InChI=1S/C18H22F3N3O2/c1-24(10-9-15-4-2-3-11-25-15)12-16-22-17(23-26-16)13-5-7-14(8-6-13)18(19,20)21/h5-8,15H,2-4,9-12H2,1H3/t15-/m0/s1. The van der Waals surface area contributed by atoms with E-state index < -0.39 is 11.7 Å². The first-order chi connectivity index (χ1) is 12.4. The maximum atomic E-state index is 12.6. The largest absolute Gasteiger partial charge is 0.416 e. The van der Waals surface area contributed by atoms with Crippen LogP contribution in [0.4, 0.5) is 13.2 Å². The predicted molar refractivity (Wildman–Crippen MR) is 89.3 cm³/mol. The van der Waals surface area contributed by atoms with Crippen molar-refractivity contribution in [2.45, 2.75) is 44.5 Å². The van der Waals surface area contributed by atoms with E-state index in [-0.39, 0.29) is 5.82 Å². The summed E-state index contributed by atoms with van der Waals surface area (Å²) in [6.07, 6.45) is 0.376. The molecule has 1 aliphatic rings. The summed E-state index contributed by atoms with van der Waals surface area (Å²) in [5.41, 5.74) is -0.208. The third-order valence-corrected chi connectivity index (χ3v) is 4.45. The van der Waals surface area contributed by atoms with Crippen LogP contribution in [0.2, 0.25) is 0 Å². The van der Waals surface area contributed by atoms with Gasteiger partial charge in [0.25, 0.3) is 0 Å². The molecule has 1 atom stereocenters. The molecule has 1 aromatic carbocycles. The van der Waals surface area contributed by atoms with Gasteiger partial charge in [-0.1, -0.05) is 17.3 Å². The fourth-order valence-corrected chi connectivity index (χ4v) is 2.95. The minimum atomic E-state index is -4.36. The first kappa shape index (κ1) is 18.8. The normalized spacial score (nSPS) is 18.4. The Balaban J connectivity index is 1.54. The Kier molecular flexibility index (Phi) is 5.93. The van der Waals surface area contributed by atoms with Gasteiger partial charge in [0.05, 0.1) is 18.2 Å². The zero-order valence-corrected chi connectivity index (χ0v) is 14.6. The third kappa shape index (κ3) is 5.04. The summed E-state index contributed by atoms with van der Waals surface area (Å²) in [7, 11) is 1.96. The number of ether oxygens (including phenoxy) is 1. The monoisotopic (exact) mass is 369 g/mol. The van der Waals surface area contributed by atoms with Crippen LogP contribution in [0.3, 0.4) is 0 Å². The van der Waals surface area contributed by atoms with Gasteiger partial charge in [-0.25, -0.2) is 0 Å². The van der Waals surface area contributed by atoms with E-state index in [1.165, 1.54) is 18.6 Å². The molecule has 2 aromatic rings. The molecule has 2 heterocycles. The number of rotatable bonds is 6. The van der Waals surface area contributed by atoms with Crippen molar-refractivity contribution in [3.8, 4) is 11.4 Å². The molecule has 0 radical (unpaired) electrons. The summed E-state index contributed by atoms with van der Waals surface area (Å²) in [6, 6.07) is 4.73. The zero-order chi connectivity index (χ0) is 18.6. The molecule has 8 heteroatoms. The van der Waals surface area contributed by atoms with Crippen molar-refractivity contribution < 1.29 is 22.4 Å². The zero-order valence-electron chi connectivity index (χ0n) is 14.6. The van der Waals surface area contributed by atoms with Gasteiger partial charge in [0.15, 0.2) is 0 Å². The number of hydrogen-bond acceptors (Lipinski definition) is 5. The van der Waals surface area contributed by atoms with E-state index in [9.17, 15) is 13.2 Å². The minimum absolute atomic E-state index is 0.290. The van der Waals surface area contributed by atoms with E-state index in [1.54, 1.807) is 0 Å². The summed E-state index contributed by atoms with van der Waals surface area (Å²) >= 11 is 0. The number of nitrogens with zero attached hydrogens (tertiary/aromatic N) is 3. The van der Waals surface area contributed by atoms with Gasteiger partial charge in [-0.3, -0.25) is 4.90 Å². The highest BCUT2D eigenvalue weighted by Crippen LogP contribution is 2.30. The maximum absolute atomic E-state index is 12.6. The highest BCUT2D eigenvalue weighted by atomic mass is 19.4. The predicted octanol–water partition coefficient (Wildman–Crippen LogP) is 4.15. The molecule has 1 fully saturated rings. The van der Waals surface area contributed by atoms with E-state index in [1.807, 2.05) is 7.05 Å². The SMILES string of the molecule is CN(CC[C@@H]1CCCCO1)Cc1nc(-c2ccc(C(F)(F)F)cc2)no1. The first-order valence-electron chi connectivity index (χ1n) is 8.72. The molecule has 0 saturated carbocycles. The van der Waals surface area contributed by atoms with E-state index in [0.29, 0.717) is 24.1 Å². The van der Waals surface area contributed by atoms with Crippen LogP contribution in [0.25, 0.3) is 11.4 Å². The van der Waals surface area contributed by atoms with E-state index in [0.717, 1.165) is 44.5 Å². The molecule has 1 saturated heterocycles. The molecular formula is C18H22F3N3O2. The molecule has 1 aromatic heterocycles. The summed E-state index contributed by atoms with van der Waals surface area (Å²) < 4.78 is 48.8. The van der Waals surface area contributed by atoms with Gasteiger partial charge in [-0.15, -0.1) is 0 Å². The summed E-state index contributed by atoms with van der Waals surface area (Å²) in [5, 5.41) is 3.86. The van der Waals surface area contributed by atoms with Crippen molar-refractivity contribution in [2.24, 2.45) is 0 Å². The Labute approximate surface area is 150 Å². The number of aromatic nitrogens is 2. The lowest BCUT2D eigenvalue weighted by molar-refractivity contribution is -0.137. The molecule has 0 unspecified atom stereocenters. The fourth-order valence-electron chi connectivity index (χ4n) is 2.95. The molecule has 1 aliphatic heterocycles. The van der Waals surface area contributed by atoms with Gasteiger partial charge >= 0.3 is 6.18 Å². The van der Waals surface area contributed by atoms with Crippen molar-refractivity contribution in [1.82, 2.24) is 15.0 Å².